The molecule has 5 rings (SSSR count). The summed E-state index contributed by atoms with van der Waals surface area (Å²) in [6.07, 6.45) is 2.40. The van der Waals surface area contributed by atoms with E-state index in [1.165, 1.54) is 23.1 Å². The molecule has 8 nitrogen and oxygen atoms in total. The molecule has 1 aromatic heterocycles. The Balaban J connectivity index is 1.61. The van der Waals surface area contributed by atoms with Crippen molar-refractivity contribution in [2.75, 3.05) is 23.0 Å². The molecular weight excluding hydrogens is 623 g/mol. The van der Waals surface area contributed by atoms with Crippen LogP contribution >= 0.6 is 46.3 Å². The van der Waals surface area contributed by atoms with Crippen LogP contribution in [0.3, 0.4) is 0 Å². The van der Waals surface area contributed by atoms with Gasteiger partial charge in [0.15, 0.2) is 6.54 Å². The summed E-state index contributed by atoms with van der Waals surface area (Å²) >= 11 is 15.5. The standard InChI is InChI=1S/C25H22Cl2N2O6S4/c26-17-4-6-19-16(13-17)3-7-22-25(19)29(10-2-12-39(33,34)35)24(37-22)15-23-28(9-1-11-38(30,31)32)20-14-18(27)5-8-21(20)36-23/h3-8,13-15H,1-2,9-12H2,(H-,30,31,32,33,34,35)/p+1. The van der Waals surface area contributed by atoms with E-state index >= 15 is 0 Å². The van der Waals surface area contributed by atoms with E-state index in [9.17, 15) is 25.9 Å². The Bertz CT molecular complexity index is 1840. The summed E-state index contributed by atoms with van der Waals surface area (Å²) in [6.45, 7) is 0.674. The first-order chi connectivity index (χ1) is 18.4. The minimum Gasteiger partial charge on any atom is -0.335 e. The minimum absolute atomic E-state index is 0.203. The highest BCUT2D eigenvalue weighted by Crippen LogP contribution is 2.48. The fourth-order valence-corrected chi connectivity index (χ4v) is 8.22. The van der Waals surface area contributed by atoms with Gasteiger partial charge in [0, 0.05) is 27.9 Å². The fourth-order valence-electron chi connectivity index (χ4n) is 4.56. The maximum Gasteiger partial charge on any atom is 0.265 e. The van der Waals surface area contributed by atoms with E-state index in [4.69, 9.17) is 23.2 Å². The predicted octanol–water partition coefficient (Wildman–Crippen LogP) is 6.12. The van der Waals surface area contributed by atoms with Crippen molar-refractivity contribution in [2.24, 2.45) is 0 Å². The fraction of sp³-hybridized carbons (Fsp3) is 0.240. The number of fused-ring (bicyclic) bond motifs is 4. The van der Waals surface area contributed by atoms with Crippen LogP contribution in [-0.4, -0.2) is 44.0 Å². The second-order valence-corrected chi connectivity index (χ2v) is 15.1. The van der Waals surface area contributed by atoms with E-state index in [1.54, 1.807) is 6.07 Å². The molecule has 3 aromatic carbocycles. The molecule has 0 radical (unpaired) electrons. The highest BCUT2D eigenvalue weighted by molar-refractivity contribution is 8.04. The molecule has 39 heavy (non-hydrogen) atoms. The normalized spacial score (nSPS) is 15.1. The zero-order valence-corrected chi connectivity index (χ0v) is 25.0. The molecule has 0 spiro atoms. The van der Waals surface area contributed by atoms with Crippen molar-refractivity contribution in [1.82, 2.24) is 0 Å². The van der Waals surface area contributed by atoms with Crippen molar-refractivity contribution in [3.8, 4) is 0 Å². The SMILES string of the molecule is O=S(=O)(O)CCCN1C(=Cc2sc3ccc4cc(Cl)ccc4c3[n+]2CCCS(=O)(=O)O)Sc2ccc(Cl)cc21. The van der Waals surface area contributed by atoms with Crippen LogP contribution in [0.15, 0.2) is 58.5 Å². The number of halogens is 2. The Kier molecular flexibility index (Phi) is 8.20. The van der Waals surface area contributed by atoms with Crippen LogP contribution in [0.5, 0.6) is 0 Å². The van der Waals surface area contributed by atoms with E-state index in [0.717, 1.165) is 41.6 Å². The molecule has 14 heteroatoms. The number of hydrogen-bond acceptors (Lipinski definition) is 7. The lowest BCUT2D eigenvalue weighted by atomic mass is 10.1. The van der Waals surface area contributed by atoms with Gasteiger partial charge in [0.2, 0.25) is 5.52 Å². The summed E-state index contributed by atoms with van der Waals surface area (Å²) in [6, 6.07) is 15.1. The molecule has 0 fully saturated rings. The van der Waals surface area contributed by atoms with Gasteiger partial charge in [-0.1, -0.05) is 52.4 Å². The van der Waals surface area contributed by atoms with Crippen molar-refractivity contribution >= 4 is 99.3 Å². The lowest BCUT2D eigenvalue weighted by Crippen LogP contribution is -2.36. The number of aryl methyl sites for hydroxylation is 1. The quantitative estimate of drug-likeness (QED) is 0.165. The molecule has 0 saturated heterocycles. The van der Waals surface area contributed by atoms with E-state index in [0.29, 0.717) is 23.1 Å². The van der Waals surface area contributed by atoms with Gasteiger partial charge < -0.3 is 4.90 Å². The van der Waals surface area contributed by atoms with Gasteiger partial charge in [0.25, 0.3) is 25.2 Å². The van der Waals surface area contributed by atoms with Crippen LogP contribution < -0.4 is 9.47 Å². The third kappa shape index (κ3) is 6.71. The van der Waals surface area contributed by atoms with Gasteiger partial charge in [0.1, 0.15) is 4.70 Å². The van der Waals surface area contributed by atoms with Crippen LogP contribution in [0.25, 0.3) is 27.1 Å². The lowest BCUT2D eigenvalue weighted by molar-refractivity contribution is -0.667. The molecule has 0 saturated carbocycles. The third-order valence-corrected chi connectivity index (χ3v) is 10.5. The molecular formula is C25H23Cl2N2O6S4+. The lowest BCUT2D eigenvalue weighted by Gasteiger charge is -2.20. The number of thiazole rings is 1. The summed E-state index contributed by atoms with van der Waals surface area (Å²) < 4.78 is 67.2. The van der Waals surface area contributed by atoms with Crippen molar-refractivity contribution in [1.29, 1.82) is 0 Å². The first-order valence-corrected chi connectivity index (χ1v) is 17.4. The number of hydrogen-bond donors (Lipinski definition) is 2. The number of benzene rings is 3. The molecule has 2 N–H and O–H groups in total. The van der Waals surface area contributed by atoms with Crippen LogP contribution in [-0.2, 0) is 26.8 Å². The summed E-state index contributed by atoms with van der Waals surface area (Å²) in [7, 11) is -8.23. The number of anilines is 1. The highest BCUT2D eigenvalue weighted by Gasteiger charge is 2.29. The largest absolute Gasteiger partial charge is 0.335 e. The second kappa shape index (κ2) is 11.2. The third-order valence-electron chi connectivity index (χ3n) is 6.17. The average Bonchev–Trinajstić information content (AvgIpc) is 3.35. The highest BCUT2D eigenvalue weighted by atomic mass is 35.5. The molecule has 1 aliphatic heterocycles. The van der Waals surface area contributed by atoms with E-state index in [-0.39, 0.29) is 24.3 Å². The zero-order valence-electron chi connectivity index (χ0n) is 20.2. The zero-order chi connectivity index (χ0) is 27.9. The van der Waals surface area contributed by atoms with Crippen molar-refractivity contribution in [3.05, 3.63) is 68.6 Å². The molecule has 0 bridgehead atoms. The molecule has 1 aliphatic rings. The molecule has 4 aromatic rings. The monoisotopic (exact) mass is 645 g/mol. The Morgan fingerprint density at radius 1 is 0.897 bits per heavy atom. The van der Waals surface area contributed by atoms with E-state index in [2.05, 4.69) is 0 Å². The molecule has 0 unspecified atom stereocenters. The van der Waals surface area contributed by atoms with E-state index in [1.807, 2.05) is 58.0 Å². The maximum atomic E-state index is 11.4. The predicted molar refractivity (Wildman–Crippen MR) is 159 cm³/mol. The Morgan fingerprint density at radius 3 is 2.33 bits per heavy atom. The van der Waals surface area contributed by atoms with Gasteiger partial charge in [-0.3, -0.25) is 9.11 Å². The number of rotatable bonds is 9. The smallest absolute Gasteiger partial charge is 0.265 e. The van der Waals surface area contributed by atoms with Crippen molar-refractivity contribution in [2.45, 2.75) is 24.3 Å². The summed E-state index contributed by atoms with van der Waals surface area (Å²) in [5.74, 6) is -0.741. The molecule has 206 valence electrons. The van der Waals surface area contributed by atoms with Gasteiger partial charge in [-0.15, -0.1) is 0 Å². The average molecular weight is 647 g/mol. The molecule has 0 aliphatic carbocycles. The second-order valence-electron chi connectivity index (χ2n) is 9.00. The first-order valence-electron chi connectivity index (χ1n) is 11.8. The summed E-state index contributed by atoms with van der Waals surface area (Å²) in [5.41, 5.74) is 1.77. The summed E-state index contributed by atoms with van der Waals surface area (Å²) in [4.78, 5) is 2.93. The van der Waals surface area contributed by atoms with Crippen LogP contribution in [0.2, 0.25) is 10.0 Å². The Hall–Kier alpha value is -1.90. The Labute approximate surface area is 244 Å². The molecule has 0 atom stereocenters. The number of nitrogens with zero attached hydrogens (tertiary/aromatic N) is 2. The van der Waals surface area contributed by atoms with Crippen molar-refractivity contribution in [3.63, 3.8) is 0 Å². The number of thioether (sulfide) groups is 1. The molecule has 2 heterocycles. The van der Waals surface area contributed by atoms with Crippen LogP contribution in [0.1, 0.15) is 17.8 Å². The topological polar surface area (TPSA) is 116 Å². The van der Waals surface area contributed by atoms with Gasteiger partial charge in [-0.2, -0.15) is 21.4 Å². The van der Waals surface area contributed by atoms with Gasteiger partial charge in [-0.25, -0.2) is 0 Å². The van der Waals surface area contributed by atoms with Crippen molar-refractivity contribution < 1.29 is 30.5 Å². The van der Waals surface area contributed by atoms with Crippen LogP contribution in [0, 0.1) is 0 Å². The minimum atomic E-state index is -4.12. The molecule has 0 amide bonds. The van der Waals surface area contributed by atoms with Crippen LogP contribution in [0.4, 0.5) is 5.69 Å². The first kappa shape index (κ1) is 28.6. The Morgan fingerprint density at radius 2 is 1.59 bits per heavy atom. The van der Waals surface area contributed by atoms with Gasteiger partial charge in [-0.05, 0) is 54.3 Å². The van der Waals surface area contributed by atoms with Gasteiger partial charge in [0.05, 0.1) is 33.7 Å². The van der Waals surface area contributed by atoms with E-state index < -0.39 is 20.2 Å². The number of aromatic nitrogens is 1. The summed E-state index contributed by atoms with van der Waals surface area (Å²) in [5, 5.41) is 4.75. The maximum absolute atomic E-state index is 11.4. The van der Waals surface area contributed by atoms with Gasteiger partial charge >= 0.3 is 0 Å².